The van der Waals surface area contributed by atoms with E-state index in [4.69, 9.17) is 9.72 Å². The summed E-state index contributed by atoms with van der Waals surface area (Å²) in [5, 5.41) is 5.79. The van der Waals surface area contributed by atoms with E-state index in [1.54, 1.807) is 41.9 Å². The Morgan fingerprint density at radius 2 is 1.94 bits per heavy atom. The van der Waals surface area contributed by atoms with E-state index in [-0.39, 0.29) is 18.1 Å². The van der Waals surface area contributed by atoms with Gasteiger partial charge in [0.15, 0.2) is 5.78 Å². The van der Waals surface area contributed by atoms with E-state index in [0.29, 0.717) is 22.6 Å². The summed E-state index contributed by atoms with van der Waals surface area (Å²) >= 11 is 1.54. The molecule has 6 nitrogen and oxygen atoms in total. The number of carbonyl (C=O) groups is 2. The summed E-state index contributed by atoms with van der Waals surface area (Å²) in [6.45, 7) is 3.76. The van der Waals surface area contributed by atoms with Crippen LogP contribution in [0.25, 0.3) is 21.8 Å². The van der Waals surface area contributed by atoms with Crippen LogP contribution in [-0.2, 0) is 0 Å². The molecule has 2 aromatic carbocycles. The van der Waals surface area contributed by atoms with Gasteiger partial charge in [-0.1, -0.05) is 12.1 Å². The molecule has 0 saturated heterocycles. The van der Waals surface area contributed by atoms with Gasteiger partial charge in [0.05, 0.1) is 17.7 Å². The van der Waals surface area contributed by atoms with Crippen LogP contribution >= 0.6 is 11.3 Å². The number of rotatable bonds is 4. The van der Waals surface area contributed by atoms with Crippen molar-refractivity contribution in [2.24, 2.45) is 0 Å². The molecule has 0 saturated carbocycles. The number of nitrogens with one attached hydrogen (secondary N) is 1. The standard InChI is InChI=1S/C26H21N3O3S/c1-26(2)13-22(30)20-12-17(8-9-23(20)32-26)24(31)28-19-7-3-5-16(11-19)21-15-33-25(29-21)18-6-4-10-27-14-18/h3-12,14-15H,13H2,1-2H3,(H,28,31). The number of anilines is 1. The zero-order valence-corrected chi connectivity index (χ0v) is 19.0. The van der Waals surface area contributed by atoms with E-state index >= 15 is 0 Å². The predicted octanol–water partition coefficient (Wildman–Crippen LogP) is 5.87. The molecular weight excluding hydrogens is 434 g/mol. The van der Waals surface area contributed by atoms with Crippen LogP contribution in [0.3, 0.4) is 0 Å². The lowest BCUT2D eigenvalue weighted by Crippen LogP contribution is -2.36. The Hall–Kier alpha value is -3.84. The number of ether oxygens (including phenoxy) is 1. The topological polar surface area (TPSA) is 81.2 Å². The number of Topliss-reactive ketones (excluding diaryl/α,β-unsaturated/α-hetero) is 1. The summed E-state index contributed by atoms with van der Waals surface area (Å²) in [5.41, 5.74) is 3.65. The number of aromatic nitrogens is 2. The summed E-state index contributed by atoms with van der Waals surface area (Å²) in [6, 6.07) is 16.4. The molecular formula is C26H21N3O3S. The highest BCUT2D eigenvalue weighted by Crippen LogP contribution is 2.34. The Morgan fingerprint density at radius 3 is 2.76 bits per heavy atom. The van der Waals surface area contributed by atoms with Crippen molar-refractivity contribution in [3.8, 4) is 27.6 Å². The van der Waals surface area contributed by atoms with Crippen molar-refractivity contribution in [1.82, 2.24) is 9.97 Å². The minimum atomic E-state index is -0.541. The van der Waals surface area contributed by atoms with E-state index in [1.807, 2.05) is 55.6 Å². The molecule has 4 aromatic rings. The number of hydrogen-bond donors (Lipinski definition) is 1. The summed E-state index contributed by atoms with van der Waals surface area (Å²) in [4.78, 5) is 34.3. The van der Waals surface area contributed by atoms with Crippen LogP contribution in [-0.4, -0.2) is 27.3 Å². The zero-order chi connectivity index (χ0) is 23.0. The molecule has 33 heavy (non-hydrogen) atoms. The molecule has 164 valence electrons. The number of pyridine rings is 1. The normalized spacial score (nSPS) is 14.3. The van der Waals surface area contributed by atoms with Gasteiger partial charge < -0.3 is 10.1 Å². The molecule has 1 aliphatic heterocycles. The average Bonchev–Trinajstić information content (AvgIpc) is 3.29. The quantitative estimate of drug-likeness (QED) is 0.416. The molecule has 0 aliphatic carbocycles. The molecule has 0 spiro atoms. The Kier molecular flexibility index (Phi) is 5.26. The zero-order valence-electron chi connectivity index (χ0n) is 18.2. The minimum absolute atomic E-state index is 0.0224. The Bertz CT molecular complexity index is 1360. The van der Waals surface area contributed by atoms with E-state index in [0.717, 1.165) is 21.8 Å². The first-order valence-electron chi connectivity index (χ1n) is 10.5. The predicted molar refractivity (Wildman–Crippen MR) is 129 cm³/mol. The van der Waals surface area contributed by atoms with Gasteiger partial charge in [-0.2, -0.15) is 0 Å². The Morgan fingerprint density at radius 1 is 1.09 bits per heavy atom. The first-order chi connectivity index (χ1) is 15.9. The average molecular weight is 456 g/mol. The molecule has 7 heteroatoms. The van der Waals surface area contributed by atoms with Crippen LogP contribution in [0.15, 0.2) is 72.4 Å². The molecule has 0 radical (unpaired) electrons. The van der Waals surface area contributed by atoms with Crippen LogP contribution in [0.2, 0.25) is 0 Å². The van der Waals surface area contributed by atoms with Gasteiger partial charge in [0.1, 0.15) is 16.4 Å². The molecule has 0 bridgehead atoms. The lowest BCUT2D eigenvalue weighted by Gasteiger charge is -2.31. The number of amides is 1. The third kappa shape index (κ3) is 4.40. The maximum atomic E-state index is 12.9. The lowest BCUT2D eigenvalue weighted by atomic mass is 9.92. The second kappa shape index (κ2) is 8.26. The molecule has 3 heterocycles. The first kappa shape index (κ1) is 21.0. The van der Waals surface area contributed by atoms with Gasteiger partial charge in [-0.05, 0) is 56.3 Å². The van der Waals surface area contributed by atoms with Gasteiger partial charge in [-0.15, -0.1) is 11.3 Å². The monoisotopic (exact) mass is 455 g/mol. The third-order valence-corrected chi connectivity index (χ3v) is 6.23. The molecule has 5 rings (SSSR count). The fraction of sp³-hybridized carbons (Fsp3) is 0.154. The molecule has 1 amide bonds. The second-order valence-electron chi connectivity index (χ2n) is 8.49. The van der Waals surface area contributed by atoms with E-state index in [1.165, 1.54) is 0 Å². The van der Waals surface area contributed by atoms with Crippen molar-refractivity contribution in [2.75, 3.05) is 5.32 Å². The van der Waals surface area contributed by atoms with E-state index in [2.05, 4.69) is 10.3 Å². The Balaban J connectivity index is 1.36. The summed E-state index contributed by atoms with van der Waals surface area (Å²) in [6.07, 6.45) is 3.80. The van der Waals surface area contributed by atoms with Crippen LogP contribution < -0.4 is 10.1 Å². The van der Waals surface area contributed by atoms with Gasteiger partial charge in [0.25, 0.3) is 5.91 Å². The second-order valence-corrected chi connectivity index (χ2v) is 9.35. The number of ketones is 1. The number of carbonyl (C=O) groups excluding carboxylic acids is 2. The summed E-state index contributed by atoms with van der Waals surface area (Å²) in [5.74, 6) is 0.204. The van der Waals surface area contributed by atoms with Crippen molar-refractivity contribution in [2.45, 2.75) is 25.9 Å². The van der Waals surface area contributed by atoms with Gasteiger partial charge in [-0.3, -0.25) is 14.6 Å². The number of hydrogen-bond acceptors (Lipinski definition) is 6. The number of benzene rings is 2. The molecule has 2 aromatic heterocycles. The fourth-order valence-electron chi connectivity index (χ4n) is 3.78. The SMILES string of the molecule is CC1(C)CC(=O)c2cc(C(=O)Nc3cccc(-c4csc(-c5cccnc5)n4)c3)ccc2O1. The highest BCUT2D eigenvalue weighted by atomic mass is 32.1. The number of nitrogens with zero attached hydrogens (tertiary/aromatic N) is 2. The molecule has 1 N–H and O–H groups in total. The maximum Gasteiger partial charge on any atom is 0.255 e. The lowest BCUT2D eigenvalue weighted by molar-refractivity contribution is 0.0620. The molecule has 0 fully saturated rings. The summed E-state index contributed by atoms with van der Waals surface area (Å²) < 4.78 is 5.88. The largest absolute Gasteiger partial charge is 0.487 e. The van der Waals surface area contributed by atoms with Gasteiger partial charge in [-0.25, -0.2) is 4.98 Å². The maximum absolute atomic E-state index is 12.9. The Labute approximate surface area is 195 Å². The van der Waals surface area contributed by atoms with Crippen molar-refractivity contribution in [3.63, 3.8) is 0 Å². The van der Waals surface area contributed by atoms with Gasteiger partial charge in [0, 0.05) is 40.2 Å². The van der Waals surface area contributed by atoms with Crippen molar-refractivity contribution >= 4 is 28.7 Å². The smallest absolute Gasteiger partial charge is 0.255 e. The molecule has 0 atom stereocenters. The van der Waals surface area contributed by atoms with Crippen LogP contribution in [0.1, 0.15) is 41.0 Å². The molecule has 0 unspecified atom stereocenters. The molecule has 1 aliphatic rings. The highest BCUT2D eigenvalue weighted by molar-refractivity contribution is 7.13. The van der Waals surface area contributed by atoms with Crippen LogP contribution in [0.5, 0.6) is 5.75 Å². The van der Waals surface area contributed by atoms with Crippen molar-refractivity contribution in [1.29, 1.82) is 0 Å². The van der Waals surface area contributed by atoms with E-state index < -0.39 is 5.60 Å². The summed E-state index contributed by atoms with van der Waals surface area (Å²) in [7, 11) is 0. The minimum Gasteiger partial charge on any atom is -0.487 e. The van der Waals surface area contributed by atoms with Crippen LogP contribution in [0, 0.1) is 0 Å². The first-order valence-corrected chi connectivity index (χ1v) is 11.4. The van der Waals surface area contributed by atoms with Gasteiger partial charge in [0.2, 0.25) is 0 Å². The van der Waals surface area contributed by atoms with Crippen molar-refractivity contribution in [3.05, 3.63) is 83.5 Å². The van der Waals surface area contributed by atoms with Crippen molar-refractivity contribution < 1.29 is 14.3 Å². The van der Waals surface area contributed by atoms with Gasteiger partial charge >= 0.3 is 0 Å². The fourth-order valence-corrected chi connectivity index (χ4v) is 4.60. The third-order valence-electron chi connectivity index (χ3n) is 5.34. The number of thiazole rings is 1. The van der Waals surface area contributed by atoms with E-state index in [9.17, 15) is 9.59 Å². The number of fused-ring (bicyclic) bond motifs is 1. The highest BCUT2D eigenvalue weighted by Gasteiger charge is 2.32. The van der Waals surface area contributed by atoms with Crippen LogP contribution in [0.4, 0.5) is 5.69 Å².